The van der Waals surface area contributed by atoms with Crippen LogP contribution >= 0.6 is 0 Å². The Hall–Kier alpha value is -3.25. The monoisotopic (exact) mass is 383 g/mol. The van der Waals surface area contributed by atoms with Gasteiger partial charge in [-0.25, -0.2) is 8.78 Å². The first kappa shape index (κ1) is 19.5. The smallest absolute Gasteiger partial charge is 0.250 e. The summed E-state index contributed by atoms with van der Waals surface area (Å²) in [5, 5.41) is 2.47. The Morgan fingerprint density at radius 3 is 2.29 bits per heavy atom. The van der Waals surface area contributed by atoms with Crippen LogP contribution in [-0.2, 0) is 9.53 Å². The highest BCUT2D eigenvalue weighted by Crippen LogP contribution is 2.31. The minimum absolute atomic E-state index is 0.0817. The number of benzene rings is 3. The van der Waals surface area contributed by atoms with E-state index in [9.17, 15) is 13.6 Å². The van der Waals surface area contributed by atoms with Gasteiger partial charge in [-0.05, 0) is 23.8 Å². The molecule has 0 aliphatic rings. The fraction of sp³-hybridized carbons (Fsp3) is 0.136. The van der Waals surface area contributed by atoms with Crippen LogP contribution in [0.1, 0.15) is 0 Å². The van der Waals surface area contributed by atoms with Crippen LogP contribution in [0.25, 0.3) is 11.1 Å². The van der Waals surface area contributed by atoms with Crippen LogP contribution in [0.3, 0.4) is 0 Å². The van der Waals surface area contributed by atoms with Crippen molar-refractivity contribution in [1.82, 2.24) is 0 Å². The lowest BCUT2D eigenvalue weighted by Crippen LogP contribution is -2.21. The Morgan fingerprint density at radius 2 is 1.57 bits per heavy atom. The van der Waals surface area contributed by atoms with Crippen LogP contribution in [0, 0.1) is 11.6 Å². The Balaban J connectivity index is 1.56. The highest BCUT2D eigenvalue weighted by Gasteiger charge is 2.15. The zero-order valence-corrected chi connectivity index (χ0v) is 15.0. The summed E-state index contributed by atoms with van der Waals surface area (Å²) in [4.78, 5) is 12.1. The van der Waals surface area contributed by atoms with Crippen LogP contribution in [0.5, 0.6) is 5.75 Å². The molecule has 0 bridgehead atoms. The lowest BCUT2D eigenvalue weighted by molar-refractivity contribution is -0.120. The Morgan fingerprint density at radius 1 is 0.893 bits per heavy atom. The SMILES string of the molecule is O=C(COCCOc1ccccc1)Nc1c(F)cc(F)cc1-c1ccccc1. The molecule has 0 heterocycles. The third kappa shape index (κ3) is 5.37. The number of halogens is 2. The molecule has 0 aliphatic carbocycles. The summed E-state index contributed by atoms with van der Waals surface area (Å²) in [6.07, 6.45) is 0. The minimum atomic E-state index is -0.848. The van der Waals surface area contributed by atoms with E-state index in [2.05, 4.69) is 5.32 Å². The zero-order valence-electron chi connectivity index (χ0n) is 15.0. The van der Waals surface area contributed by atoms with Crippen LogP contribution < -0.4 is 10.1 Å². The molecule has 1 amide bonds. The number of carbonyl (C=O) groups excluding carboxylic acids is 1. The van der Waals surface area contributed by atoms with Crippen LogP contribution in [0.2, 0.25) is 0 Å². The summed E-state index contributed by atoms with van der Waals surface area (Å²) in [5.74, 6) is -1.40. The van der Waals surface area contributed by atoms with Gasteiger partial charge in [0.05, 0.1) is 12.3 Å². The topological polar surface area (TPSA) is 47.6 Å². The zero-order chi connectivity index (χ0) is 19.8. The maximum atomic E-state index is 14.3. The molecule has 0 aliphatic heterocycles. The molecule has 3 rings (SSSR count). The van der Waals surface area contributed by atoms with Crippen molar-refractivity contribution < 1.29 is 23.0 Å². The largest absolute Gasteiger partial charge is 0.491 e. The van der Waals surface area contributed by atoms with E-state index in [1.807, 2.05) is 30.3 Å². The van der Waals surface area contributed by atoms with Gasteiger partial charge in [-0.1, -0.05) is 48.5 Å². The molecule has 0 fully saturated rings. The van der Waals surface area contributed by atoms with Gasteiger partial charge in [0.15, 0.2) is 0 Å². The normalized spacial score (nSPS) is 10.5. The van der Waals surface area contributed by atoms with E-state index in [1.54, 1.807) is 30.3 Å². The number of hydrogen-bond acceptors (Lipinski definition) is 3. The molecule has 1 N–H and O–H groups in total. The average Bonchev–Trinajstić information content (AvgIpc) is 2.71. The van der Waals surface area contributed by atoms with Gasteiger partial charge < -0.3 is 14.8 Å². The summed E-state index contributed by atoms with van der Waals surface area (Å²) in [6.45, 7) is 0.195. The molecule has 28 heavy (non-hydrogen) atoms. The van der Waals surface area contributed by atoms with Gasteiger partial charge in [-0.3, -0.25) is 4.79 Å². The molecule has 0 atom stereocenters. The van der Waals surface area contributed by atoms with E-state index in [0.717, 1.165) is 6.07 Å². The molecule has 0 unspecified atom stereocenters. The van der Waals surface area contributed by atoms with E-state index in [-0.39, 0.29) is 31.1 Å². The van der Waals surface area contributed by atoms with Gasteiger partial charge in [0, 0.05) is 11.6 Å². The third-order valence-electron chi connectivity index (χ3n) is 3.88. The first-order valence-electron chi connectivity index (χ1n) is 8.73. The fourth-order valence-corrected chi connectivity index (χ4v) is 2.62. The van der Waals surface area contributed by atoms with E-state index in [1.165, 1.54) is 6.07 Å². The second-order valence-electron chi connectivity index (χ2n) is 5.94. The first-order chi connectivity index (χ1) is 13.6. The molecular formula is C22H19F2NO3. The average molecular weight is 383 g/mol. The second kappa shape index (κ2) is 9.62. The van der Waals surface area contributed by atoms with Crippen molar-refractivity contribution in [1.29, 1.82) is 0 Å². The van der Waals surface area contributed by atoms with Gasteiger partial charge in [-0.15, -0.1) is 0 Å². The van der Waals surface area contributed by atoms with E-state index in [4.69, 9.17) is 9.47 Å². The fourth-order valence-electron chi connectivity index (χ4n) is 2.62. The quantitative estimate of drug-likeness (QED) is 0.575. The molecule has 3 aromatic carbocycles. The van der Waals surface area contributed by atoms with Gasteiger partial charge in [0.25, 0.3) is 0 Å². The van der Waals surface area contributed by atoms with Crippen molar-refractivity contribution >= 4 is 11.6 Å². The van der Waals surface area contributed by atoms with Crippen molar-refractivity contribution in [2.75, 3.05) is 25.1 Å². The summed E-state index contributed by atoms with van der Waals surface area (Å²) in [5.41, 5.74) is 0.772. The van der Waals surface area contributed by atoms with Crippen LogP contribution in [0.4, 0.5) is 14.5 Å². The number of anilines is 1. The molecule has 3 aromatic rings. The number of hydrogen-bond donors (Lipinski definition) is 1. The first-order valence-corrected chi connectivity index (χ1v) is 8.73. The summed E-state index contributed by atoms with van der Waals surface area (Å²) < 4.78 is 38.7. The standard InChI is InChI=1S/C22H19F2NO3/c23-17-13-19(16-7-3-1-4-8-16)22(20(24)14-17)25-21(26)15-27-11-12-28-18-9-5-2-6-10-18/h1-10,13-14H,11-12,15H2,(H,25,26). The summed E-state index contributed by atoms with van der Waals surface area (Å²) >= 11 is 0. The van der Waals surface area contributed by atoms with Gasteiger partial charge in [0.1, 0.15) is 30.6 Å². The Kier molecular flexibility index (Phi) is 6.70. The summed E-state index contributed by atoms with van der Waals surface area (Å²) in [6, 6.07) is 19.8. The molecule has 0 aromatic heterocycles. The lowest BCUT2D eigenvalue weighted by Gasteiger charge is -2.13. The summed E-state index contributed by atoms with van der Waals surface area (Å²) in [7, 11) is 0. The van der Waals surface area contributed by atoms with E-state index in [0.29, 0.717) is 11.3 Å². The van der Waals surface area contributed by atoms with Crippen molar-refractivity contribution in [2.24, 2.45) is 0 Å². The minimum Gasteiger partial charge on any atom is -0.491 e. The van der Waals surface area contributed by atoms with Crippen molar-refractivity contribution in [2.45, 2.75) is 0 Å². The van der Waals surface area contributed by atoms with Gasteiger partial charge >= 0.3 is 0 Å². The Bertz CT molecular complexity index is 918. The van der Waals surface area contributed by atoms with Gasteiger partial charge in [-0.2, -0.15) is 0 Å². The predicted molar refractivity (Wildman–Crippen MR) is 103 cm³/mol. The number of rotatable bonds is 8. The number of nitrogens with one attached hydrogen (secondary N) is 1. The van der Waals surface area contributed by atoms with Crippen molar-refractivity contribution in [3.05, 3.63) is 84.4 Å². The number of carbonyl (C=O) groups is 1. The second-order valence-corrected chi connectivity index (χ2v) is 5.94. The van der Waals surface area contributed by atoms with Crippen molar-refractivity contribution in [3.8, 4) is 16.9 Å². The Labute approximate surface area is 161 Å². The van der Waals surface area contributed by atoms with Crippen molar-refractivity contribution in [3.63, 3.8) is 0 Å². The maximum absolute atomic E-state index is 14.3. The van der Waals surface area contributed by atoms with Crippen LogP contribution in [-0.4, -0.2) is 25.7 Å². The van der Waals surface area contributed by atoms with E-state index < -0.39 is 17.5 Å². The number of para-hydroxylation sites is 1. The molecular weight excluding hydrogens is 364 g/mol. The molecule has 0 saturated heterocycles. The van der Waals surface area contributed by atoms with Gasteiger partial charge in [0.2, 0.25) is 5.91 Å². The predicted octanol–water partition coefficient (Wildman–Crippen LogP) is 4.67. The molecule has 0 saturated carbocycles. The molecule has 0 radical (unpaired) electrons. The lowest BCUT2D eigenvalue weighted by atomic mass is 10.0. The molecule has 0 spiro atoms. The molecule has 4 nitrogen and oxygen atoms in total. The van der Waals surface area contributed by atoms with Crippen LogP contribution in [0.15, 0.2) is 72.8 Å². The molecule has 144 valence electrons. The maximum Gasteiger partial charge on any atom is 0.250 e. The number of ether oxygens (including phenoxy) is 2. The highest BCUT2D eigenvalue weighted by atomic mass is 19.1. The number of amides is 1. The highest BCUT2D eigenvalue weighted by molar-refractivity contribution is 5.96. The van der Waals surface area contributed by atoms with E-state index >= 15 is 0 Å². The molecule has 6 heteroatoms. The third-order valence-corrected chi connectivity index (χ3v) is 3.88.